The van der Waals surface area contributed by atoms with Crippen LogP contribution in [0.5, 0.6) is 0 Å². The lowest BCUT2D eigenvalue weighted by atomic mass is 9.92. The molecule has 2 heterocycles. The van der Waals surface area contributed by atoms with Crippen molar-refractivity contribution in [1.82, 2.24) is 5.32 Å². The van der Waals surface area contributed by atoms with Gasteiger partial charge in [0.05, 0.1) is 25.9 Å². The molecule has 31 heavy (non-hydrogen) atoms. The van der Waals surface area contributed by atoms with Crippen molar-refractivity contribution >= 4 is 40.7 Å². The van der Waals surface area contributed by atoms with Crippen LogP contribution >= 0.6 is 34.8 Å². The van der Waals surface area contributed by atoms with Crippen molar-refractivity contribution in [2.45, 2.75) is 72.1 Å². The van der Waals surface area contributed by atoms with E-state index in [1.807, 2.05) is 0 Å². The van der Waals surface area contributed by atoms with Gasteiger partial charge in [0.1, 0.15) is 30.5 Å². The number of hydrogen-bond donors (Lipinski definition) is 7. The first-order valence-electron chi connectivity index (χ1n) is 9.24. The number of aliphatic hydroxyl groups excluding tert-OH is 5. The Morgan fingerprint density at radius 1 is 1.13 bits per heavy atom. The summed E-state index contributed by atoms with van der Waals surface area (Å²) >= 11 is 17.0. The van der Waals surface area contributed by atoms with Crippen LogP contribution < -0.4 is 5.32 Å². The molecule has 15 heteroatoms. The van der Waals surface area contributed by atoms with Crippen molar-refractivity contribution in [3.63, 3.8) is 0 Å². The van der Waals surface area contributed by atoms with Gasteiger partial charge in [-0.3, -0.25) is 4.79 Å². The number of amides is 1. The van der Waals surface area contributed by atoms with Crippen LogP contribution in [-0.2, 0) is 23.7 Å². The number of hydrogen-bond acceptors (Lipinski definition) is 11. The van der Waals surface area contributed by atoms with Crippen LogP contribution in [0.2, 0.25) is 0 Å². The molecule has 7 N–H and O–H groups in total. The van der Waals surface area contributed by atoms with Gasteiger partial charge in [-0.2, -0.15) is 0 Å². The molecule has 0 unspecified atom stereocenters. The predicted octanol–water partition coefficient (Wildman–Crippen LogP) is -2.51. The Hall–Kier alpha value is -0.0600. The van der Waals surface area contributed by atoms with Crippen LogP contribution in [0.3, 0.4) is 0 Å². The summed E-state index contributed by atoms with van der Waals surface area (Å²) < 4.78 is 19.7. The van der Waals surface area contributed by atoms with Crippen molar-refractivity contribution in [3.05, 3.63) is 0 Å². The van der Waals surface area contributed by atoms with Crippen LogP contribution in [-0.4, -0.2) is 115 Å². The normalized spacial score (nSPS) is 41.7. The number of carbonyl (C=O) groups is 1. The van der Waals surface area contributed by atoms with Gasteiger partial charge in [0, 0.05) is 13.3 Å². The molecule has 1 amide bonds. The van der Waals surface area contributed by atoms with E-state index in [0.717, 1.165) is 6.92 Å². The predicted molar refractivity (Wildman–Crippen MR) is 104 cm³/mol. The monoisotopic (exact) mass is 513 g/mol. The number of carbonyl (C=O) groups excluding carboxylic acids is 1. The molecule has 2 aliphatic heterocycles. The topological polar surface area (TPSA) is 187 Å². The average Bonchev–Trinajstić information content (AvgIpc) is 2.65. The molecular weight excluding hydrogens is 489 g/mol. The number of ether oxygens (including phenoxy) is 4. The van der Waals surface area contributed by atoms with Crippen molar-refractivity contribution in [2.24, 2.45) is 0 Å². The number of nitrogens with one attached hydrogen (secondary N) is 1. The van der Waals surface area contributed by atoms with Gasteiger partial charge in [0.25, 0.3) is 0 Å². The minimum atomic E-state index is -2.56. The van der Waals surface area contributed by atoms with Crippen molar-refractivity contribution in [2.75, 3.05) is 19.8 Å². The van der Waals surface area contributed by atoms with E-state index in [0.29, 0.717) is 0 Å². The van der Waals surface area contributed by atoms with Gasteiger partial charge in [0.15, 0.2) is 6.29 Å². The lowest BCUT2D eigenvalue weighted by molar-refractivity contribution is -0.379. The Morgan fingerprint density at radius 2 is 1.71 bits per heavy atom. The molecule has 2 aliphatic rings. The second-order valence-electron chi connectivity index (χ2n) is 7.25. The molecular formula is C16H26Cl3NO11. The highest BCUT2D eigenvalue weighted by Crippen LogP contribution is 2.36. The van der Waals surface area contributed by atoms with Crippen LogP contribution in [0.15, 0.2) is 0 Å². The smallest absolute Gasteiger partial charge is 0.219 e. The zero-order chi connectivity index (χ0) is 23.6. The molecule has 12 nitrogen and oxygen atoms in total. The molecule has 0 aliphatic carbocycles. The Kier molecular flexibility index (Phi) is 9.57. The molecule has 0 spiro atoms. The maximum atomic E-state index is 11.8. The average molecular weight is 515 g/mol. The Morgan fingerprint density at radius 3 is 2.23 bits per heavy atom. The lowest BCUT2D eigenvalue weighted by Crippen LogP contribution is -2.75. The Labute approximate surface area is 192 Å². The first kappa shape index (κ1) is 27.2. The van der Waals surface area contributed by atoms with E-state index in [1.165, 1.54) is 0 Å². The van der Waals surface area contributed by atoms with Crippen LogP contribution in [0, 0.1) is 0 Å². The molecule has 2 rings (SSSR count). The third-order valence-corrected chi connectivity index (χ3v) is 5.08. The zero-order valence-electron chi connectivity index (χ0n) is 16.3. The van der Waals surface area contributed by atoms with Gasteiger partial charge in [-0.25, -0.2) is 0 Å². The maximum absolute atomic E-state index is 11.8. The number of alkyl halides is 3. The first-order chi connectivity index (χ1) is 14.3. The van der Waals surface area contributed by atoms with Gasteiger partial charge in [0.2, 0.25) is 21.7 Å². The van der Waals surface area contributed by atoms with E-state index < -0.39 is 84.4 Å². The SMILES string of the molecule is CC(=O)N[C@]1(O)[C@H](OCC(Cl)(Cl)Cl)O[C@H](CO)[C@@H](O)[C@@H]1O[C@H]1C[C@@H](O)[C@@H](O)[C@@H](CO)O1. The molecule has 2 saturated heterocycles. The van der Waals surface area contributed by atoms with Gasteiger partial charge in [-0.15, -0.1) is 0 Å². The van der Waals surface area contributed by atoms with Crippen LogP contribution in [0.4, 0.5) is 0 Å². The quantitative estimate of drug-likeness (QED) is 0.140. The van der Waals surface area contributed by atoms with E-state index in [2.05, 4.69) is 5.32 Å². The molecule has 0 bridgehead atoms. The van der Waals surface area contributed by atoms with E-state index in [9.17, 15) is 35.4 Å². The lowest BCUT2D eigenvalue weighted by Gasteiger charge is -2.50. The van der Waals surface area contributed by atoms with E-state index >= 15 is 0 Å². The molecule has 182 valence electrons. The fraction of sp³-hybridized carbons (Fsp3) is 0.938. The van der Waals surface area contributed by atoms with Crippen molar-refractivity contribution in [1.29, 1.82) is 0 Å². The molecule has 2 fully saturated rings. The summed E-state index contributed by atoms with van der Waals surface area (Å²) in [6.45, 7) is -0.942. The number of halogens is 3. The summed E-state index contributed by atoms with van der Waals surface area (Å²) in [5.41, 5.74) is -2.56. The van der Waals surface area contributed by atoms with Gasteiger partial charge >= 0.3 is 0 Å². The third-order valence-electron chi connectivity index (χ3n) is 4.75. The van der Waals surface area contributed by atoms with Crippen LogP contribution in [0.1, 0.15) is 13.3 Å². The summed E-state index contributed by atoms with van der Waals surface area (Å²) in [5.74, 6) is -0.773. The minimum absolute atomic E-state index is 0.304. The van der Waals surface area contributed by atoms with Crippen LogP contribution in [0.25, 0.3) is 0 Å². The summed E-state index contributed by atoms with van der Waals surface area (Å²) in [5, 5.41) is 62.7. The molecule has 0 saturated carbocycles. The largest absolute Gasteiger partial charge is 0.394 e. The minimum Gasteiger partial charge on any atom is -0.394 e. The standard InChI is InChI=1S/C16H26Cl3NO11/c1-6(23)20-16(27)13(31-10-2-7(24)11(25)8(3-21)29-10)12(26)9(4-22)30-14(16)28-5-15(17,18)19/h7-14,21-22,24-27H,2-5H2,1H3,(H,20,23)/t7-,8-,9-,10+,11-,12-,13+,14-,16-/m1/s1. The van der Waals surface area contributed by atoms with Gasteiger partial charge in [-0.1, -0.05) is 34.8 Å². The summed E-state index contributed by atoms with van der Waals surface area (Å²) in [6.07, 6.45) is -12.2. The molecule has 9 atom stereocenters. The fourth-order valence-corrected chi connectivity index (χ4v) is 3.52. The first-order valence-corrected chi connectivity index (χ1v) is 10.4. The van der Waals surface area contributed by atoms with Gasteiger partial charge in [-0.05, 0) is 0 Å². The highest BCUT2D eigenvalue weighted by Gasteiger charge is 2.59. The fourth-order valence-electron chi connectivity index (χ4n) is 3.33. The van der Waals surface area contributed by atoms with E-state index in [4.69, 9.17) is 53.8 Å². The Balaban J connectivity index is 2.33. The third kappa shape index (κ3) is 6.73. The van der Waals surface area contributed by atoms with E-state index in [-0.39, 0.29) is 6.42 Å². The summed E-state index contributed by atoms with van der Waals surface area (Å²) in [6, 6.07) is 0. The maximum Gasteiger partial charge on any atom is 0.219 e. The zero-order valence-corrected chi connectivity index (χ0v) is 18.6. The van der Waals surface area contributed by atoms with Crippen molar-refractivity contribution < 1.29 is 54.4 Å². The van der Waals surface area contributed by atoms with Gasteiger partial charge < -0.3 is 54.9 Å². The highest BCUT2D eigenvalue weighted by atomic mass is 35.6. The Bertz CT molecular complexity index is 612. The molecule has 0 radical (unpaired) electrons. The second-order valence-corrected chi connectivity index (χ2v) is 9.77. The van der Waals surface area contributed by atoms with Crippen molar-refractivity contribution in [3.8, 4) is 0 Å². The number of aliphatic hydroxyl groups is 6. The second kappa shape index (κ2) is 10.9. The summed E-state index contributed by atoms with van der Waals surface area (Å²) in [4.78, 5) is 11.8. The molecule has 0 aromatic heterocycles. The van der Waals surface area contributed by atoms with E-state index in [1.54, 1.807) is 0 Å². The molecule has 0 aromatic carbocycles. The summed E-state index contributed by atoms with van der Waals surface area (Å²) in [7, 11) is 0. The number of rotatable bonds is 7. The highest BCUT2D eigenvalue weighted by molar-refractivity contribution is 6.67. The molecule has 0 aromatic rings.